The highest BCUT2D eigenvalue weighted by molar-refractivity contribution is 5.49. The fourth-order valence-electron chi connectivity index (χ4n) is 2.40. The van der Waals surface area contributed by atoms with Gasteiger partial charge in [0.05, 0.1) is 0 Å². The molecular formula is C14H24N4O. The van der Waals surface area contributed by atoms with E-state index < -0.39 is 0 Å². The van der Waals surface area contributed by atoms with Crippen LogP contribution in [0.25, 0.3) is 0 Å². The molecule has 0 bridgehead atoms. The molecule has 0 spiro atoms. The summed E-state index contributed by atoms with van der Waals surface area (Å²) in [4.78, 5) is 11.3. The lowest BCUT2D eigenvalue weighted by Gasteiger charge is -2.22. The molecule has 2 rings (SSSR count). The minimum Gasteiger partial charge on any atom is -0.396 e. The van der Waals surface area contributed by atoms with Crippen molar-refractivity contribution in [3.8, 4) is 0 Å². The molecule has 5 heteroatoms. The number of aliphatic hydroxyl groups excluding tert-OH is 1. The molecule has 19 heavy (non-hydrogen) atoms. The minimum atomic E-state index is 0.204. The minimum absolute atomic E-state index is 0.204. The Bertz CT molecular complexity index is 389. The van der Waals surface area contributed by atoms with Gasteiger partial charge in [0.1, 0.15) is 17.5 Å². The van der Waals surface area contributed by atoms with Crippen LogP contribution in [0.15, 0.2) is 6.07 Å². The summed E-state index contributed by atoms with van der Waals surface area (Å²) < 4.78 is 0. The number of aromatic nitrogens is 2. The van der Waals surface area contributed by atoms with Gasteiger partial charge in [0.25, 0.3) is 0 Å². The molecule has 0 radical (unpaired) electrons. The van der Waals surface area contributed by atoms with Crippen LogP contribution < -0.4 is 10.2 Å². The summed E-state index contributed by atoms with van der Waals surface area (Å²) in [6.07, 6.45) is 5.87. The van der Waals surface area contributed by atoms with E-state index in [1.165, 1.54) is 25.7 Å². The third-order valence-corrected chi connectivity index (χ3v) is 3.40. The molecule has 1 aromatic rings. The molecule has 0 saturated carbocycles. The summed E-state index contributed by atoms with van der Waals surface area (Å²) >= 11 is 0. The number of anilines is 2. The number of nitrogens with one attached hydrogen (secondary N) is 1. The SMILES string of the molecule is Cc1nc(NCCCO)cc(N2CCCCCC2)n1. The van der Waals surface area contributed by atoms with E-state index in [9.17, 15) is 0 Å². The Hall–Kier alpha value is -1.36. The smallest absolute Gasteiger partial charge is 0.134 e. The van der Waals surface area contributed by atoms with Gasteiger partial charge in [-0.3, -0.25) is 0 Å². The Labute approximate surface area is 115 Å². The fourth-order valence-corrected chi connectivity index (χ4v) is 2.40. The quantitative estimate of drug-likeness (QED) is 0.796. The molecule has 2 heterocycles. The molecule has 1 fully saturated rings. The van der Waals surface area contributed by atoms with Crippen molar-refractivity contribution in [3.63, 3.8) is 0 Å². The van der Waals surface area contributed by atoms with Gasteiger partial charge in [-0.1, -0.05) is 12.8 Å². The van der Waals surface area contributed by atoms with Crippen molar-refractivity contribution < 1.29 is 5.11 Å². The highest BCUT2D eigenvalue weighted by Crippen LogP contribution is 2.20. The van der Waals surface area contributed by atoms with Gasteiger partial charge in [0.2, 0.25) is 0 Å². The summed E-state index contributed by atoms with van der Waals surface area (Å²) in [5, 5.41) is 12.1. The normalized spacial score (nSPS) is 16.2. The first kappa shape index (κ1) is 14.1. The molecule has 5 nitrogen and oxygen atoms in total. The maximum Gasteiger partial charge on any atom is 0.134 e. The van der Waals surface area contributed by atoms with Gasteiger partial charge in [-0.15, -0.1) is 0 Å². The van der Waals surface area contributed by atoms with Gasteiger partial charge in [-0.2, -0.15) is 0 Å². The second-order valence-electron chi connectivity index (χ2n) is 5.06. The zero-order valence-corrected chi connectivity index (χ0v) is 11.7. The first-order valence-corrected chi connectivity index (χ1v) is 7.25. The maximum absolute atomic E-state index is 8.81. The van der Waals surface area contributed by atoms with Gasteiger partial charge in [-0.25, -0.2) is 9.97 Å². The third-order valence-electron chi connectivity index (χ3n) is 3.40. The van der Waals surface area contributed by atoms with Crippen molar-refractivity contribution in [2.75, 3.05) is 36.5 Å². The van der Waals surface area contributed by atoms with E-state index in [0.29, 0.717) is 0 Å². The molecule has 1 aliphatic rings. The summed E-state index contributed by atoms with van der Waals surface area (Å²) in [5.41, 5.74) is 0. The lowest BCUT2D eigenvalue weighted by atomic mass is 10.2. The molecule has 2 N–H and O–H groups in total. The second-order valence-corrected chi connectivity index (χ2v) is 5.06. The molecule has 0 unspecified atom stereocenters. The lowest BCUT2D eigenvalue weighted by molar-refractivity contribution is 0.292. The molecule has 0 aromatic carbocycles. The van der Waals surface area contributed by atoms with E-state index >= 15 is 0 Å². The van der Waals surface area contributed by atoms with Crippen LogP contribution in [0.3, 0.4) is 0 Å². The Balaban J connectivity index is 2.06. The van der Waals surface area contributed by atoms with Crippen LogP contribution in [0.2, 0.25) is 0 Å². The highest BCUT2D eigenvalue weighted by atomic mass is 16.3. The summed E-state index contributed by atoms with van der Waals surface area (Å²) in [6.45, 7) is 5.06. The first-order chi connectivity index (χ1) is 9.29. The number of aryl methyl sites for hydroxylation is 1. The van der Waals surface area contributed by atoms with Gasteiger partial charge >= 0.3 is 0 Å². The van der Waals surface area contributed by atoms with Crippen LogP contribution in [-0.4, -0.2) is 41.3 Å². The predicted octanol–water partition coefficient (Wildman–Crippen LogP) is 1.96. The van der Waals surface area contributed by atoms with E-state index in [-0.39, 0.29) is 6.61 Å². The van der Waals surface area contributed by atoms with E-state index in [1.54, 1.807) is 0 Å². The maximum atomic E-state index is 8.81. The topological polar surface area (TPSA) is 61.3 Å². The molecule has 1 aromatic heterocycles. The molecule has 0 amide bonds. The number of hydrogen-bond acceptors (Lipinski definition) is 5. The Morgan fingerprint density at radius 3 is 2.63 bits per heavy atom. The van der Waals surface area contributed by atoms with Crippen LogP contribution in [0.5, 0.6) is 0 Å². The Morgan fingerprint density at radius 1 is 1.21 bits per heavy atom. The third kappa shape index (κ3) is 4.35. The summed E-state index contributed by atoms with van der Waals surface area (Å²) in [6, 6.07) is 2.02. The first-order valence-electron chi connectivity index (χ1n) is 7.25. The second kappa shape index (κ2) is 7.28. The van der Waals surface area contributed by atoms with Crippen molar-refractivity contribution in [1.82, 2.24) is 9.97 Å². The van der Waals surface area contributed by atoms with Crippen LogP contribution in [0.1, 0.15) is 37.9 Å². The predicted molar refractivity (Wildman–Crippen MR) is 77.6 cm³/mol. The number of nitrogens with zero attached hydrogens (tertiary/aromatic N) is 3. The summed E-state index contributed by atoms with van der Waals surface area (Å²) in [5.74, 6) is 2.69. The van der Waals surface area contributed by atoms with Crippen molar-refractivity contribution in [3.05, 3.63) is 11.9 Å². The van der Waals surface area contributed by atoms with Crippen LogP contribution in [-0.2, 0) is 0 Å². The lowest BCUT2D eigenvalue weighted by Crippen LogP contribution is -2.25. The van der Waals surface area contributed by atoms with Gasteiger partial charge in [0.15, 0.2) is 0 Å². The van der Waals surface area contributed by atoms with E-state index in [2.05, 4.69) is 20.2 Å². The van der Waals surface area contributed by atoms with Gasteiger partial charge in [-0.05, 0) is 26.2 Å². The highest BCUT2D eigenvalue weighted by Gasteiger charge is 2.12. The zero-order chi connectivity index (χ0) is 13.5. The fraction of sp³-hybridized carbons (Fsp3) is 0.714. The van der Waals surface area contributed by atoms with Crippen LogP contribution in [0.4, 0.5) is 11.6 Å². The number of aliphatic hydroxyl groups is 1. The average Bonchev–Trinajstić information content (AvgIpc) is 2.67. The van der Waals surface area contributed by atoms with Gasteiger partial charge < -0.3 is 15.3 Å². The monoisotopic (exact) mass is 264 g/mol. The standard InChI is InChI=1S/C14H24N4O/c1-12-16-13(15-7-6-10-19)11-14(17-12)18-8-4-2-3-5-9-18/h11,19H,2-10H2,1H3,(H,15,16,17). The van der Waals surface area contributed by atoms with Crippen LogP contribution in [0, 0.1) is 6.92 Å². The zero-order valence-electron chi connectivity index (χ0n) is 11.7. The van der Waals surface area contributed by atoms with Gasteiger partial charge in [0, 0.05) is 32.3 Å². The van der Waals surface area contributed by atoms with Crippen molar-refractivity contribution >= 4 is 11.6 Å². The van der Waals surface area contributed by atoms with E-state index in [4.69, 9.17) is 5.11 Å². The molecule has 106 valence electrons. The van der Waals surface area contributed by atoms with Crippen molar-refractivity contribution in [1.29, 1.82) is 0 Å². The molecular weight excluding hydrogens is 240 g/mol. The average molecular weight is 264 g/mol. The Kier molecular flexibility index (Phi) is 5.39. The molecule has 0 aliphatic carbocycles. The Morgan fingerprint density at radius 2 is 1.95 bits per heavy atom. The molecule has 1 aliphatic heterocycles. The van der Waals surface area contributed by atoms with E-state index in [0.717, 1.165) is 43.5 Å². The van der Waals surface area contributed by atoms with Crippen molar-refractivity contribution in [2.45, 2.75) is 39.0 Å². The number of hydrogen-bond donors (Lipinski definition) is 2. The molecule has 0 atom stereocenters. The molecule has 1 saturated heterocycles. The number of rotatable bonds is 5. The van der Waals surface area contributed by atoms with Crippen LogP contribution >= 0.6 is 0 Å². The summed E-state index contributed by atoms with van der Waals surface area (Å²) in [7, 11) is 0. The van der Waals surface area contributed by atoms with E-state index in [1.807, 2.05) is 13.0 Å². The largest absolute Gasteiger partial charge is 0.396 e. The van der Waals surface area contributed by atoms with Crippen molar-refractivity contribution in [2.24, 2.45) is 0 Å².